The molecule has 7 atom stereocenters. The van der Waals surface area contributed by atoms with Crippen LogP contribution >= 0.6 is 0 Å². The fourth-order valence-electron chi connectivity index (χ4n) is 4.55. The Hall–Kier alpha value is -2.92. The Morgan fingerprint density at radius 3 is 2.54 bits per heavy atom. The second-order valence-corrected chi connectivity index (χ2v) is 9.20. The minimum Gasteiger partial charge on any atom is -0.458 e. The lowest BCUT2D eigenvalue weighted by Crippen LogP contribution is -2.53. The van der Waals surface area contributed by atoms with Gasteiger partial charge in [0, 0.05) is 26.7 Å². The average Bonchev–Trinajstić information content (AvgIpc) is 3.16. The maximum Gasteiger partial charge on any atom is 0.303 e. The maximum absolute atomic E-state index is 12.8. The Balaban J connectivity index is 1.83. The van der Waals surface area contributed by atoms with Crippen molar-refractivity contribution < 1.29 is 48.0 Å². The van der Waals surface area contributed by atoms with Gasteiger partial charge in [0.1, 0.15) is 24.9 Å². The van der Waals surface area contributed by atoms with Crippen LogP contribution < -0.4 is 0 Å². The first-order chi connectivity index (χ1) is 17.7. The minimum atomic E-state index is -1.35. The van der Waals surface area contributed by atoms with Crippen LogP contribution in [0.2, 0.25) is 0 Å². The van der Waals surface area contributed by atoms with E-state index in [9.17, 15) is 24.3 Å². The molecule has 202 valence electrons. The number of aliphatic hydroxyl groups is 1. The number of hydrogen-bond donors (Lipinski definition) is 1. The molecule has 1 aromatic carbocycles. The van der Waals surface area contributed by atoms with Crippen LogP contribution in [0.1, 0.15) is 45.1 Å². The number of ketones is 2. The Kier molecular flexibility index (Phi) is 10.5. The number of Topliss-reactive ketones (excluding diaryl/α,β-unsaturated/α-hetero) is 2. The molecule has 3 rings (SSSR count). The van der Waals surface area contributed by atoms with E-state index in [1.165, 1.54) is 13.8 Å². The fraction of sp³-hybridized carbons (Fsp3) is 0.556. The first kappa shape index (κ1) is 28.6. The van der Waals surface area contributed by atoms with Crippen molar-refractivity contribution in [1.29, 1.82) is 0 Å². The topological polar surface area (TPSA) is 135 Å². The predicted octanol–water partition coefficient (Wildman–Crippen LogP) is 1.85. The first-order valence-corrected chi connectivity index (χ1v) is 12.3. The molecule has 0 saturated carbocycles. The second-order valence-electron chi connectivity index (χ2n) is 9.20. The van der Waals surface area contributed by atoms with Crippen molar-refractivity contribution >= 4 is 23.5 Å². The second kappa shape index (κ2) is 13.6. The largest absolute Gasteiger partial charge is 0.458 e. The van der Waals surface area contributed by atoms with Gasteiger partial charge in [-0.05, 0) is 18.4 Å². The lowest BCUT2D eigenvalue weighted by Gasteiger charge is -2.36. The van der Waals surface area contributed by atoms with Crippen molar-refractivity contribution in [2.45, 2.75) is 88.9 Å². The number of rotatable bonds is 12. The molecule has 0 spiro atoms. The summed E-state index contributed by atoms with van der Waals surface area (Å²) in [6.45, 7) is 5.74. The van der Waals surface area contributed by atoms with Crippen LogP contribution in [0.4, 0.5) is 0 Å². The number of esters is 2. The van der Waals surface area contributed by atoms with E-state index in [-0.39, 0.29) is 31.3 Å². The number of ether oxygens (including phenoxy) is 5. The van der Waals surface area contributed by atoms with Gasteiger partial charge in [0.15, 0.2) is 23.8 Å². The van der Waals surface area contributed by atoms with Crippen molar-refractivity contribution in [2.24, 2.45) is 0 Å². The van der Waals surface area contributed by atoms with Crippen LogP contribution in [0.3, 0.4) is 0 Å². The summed E-state index contributed by atoms with van der Waals surface area (Å²) < 4.78 is 28.3. The lowest BCUT2D eigenvalue weighted by molar-refractivity contribution is -0.190. The number of aliphatic hydroxyl groups excluding tert-OH is 1. The highest BCUT2D eigenvalue weighted by Gasteiger charge is 2.53. The third-order valence-electron chi connectivity index (χ3n) is 6.25. The number of hydrogen-bond acceptors (Lipinski definition) is 10. The third kappa shape index (κ3) is 8.03. The Labute approximate surface area is 215 Å². The summed E-state index contributed by atoms with van der Waals surface area (Å²) in [5, 5.41) is 11.3. The predicted molar refractivity (Wildman–Crippen MR) is 129 cm³/mol. The van der Waals surface area contributed by atoms with E-state index in [1.807, 2.05) is 30.3 Å². The van der Waals surface area contributed by atoms with Crippen LogP contribution in [0.5, 0.6) is 0 Å². The summed E-state index contributed by atoms with van der Waals surface area (Å²) in [6.07, 6.45) is -4.56. The van der Waals surface area contributed by atoms with Crippen LogP contribution in [0.15, 0.2) is 43.0 Å². The zero-order chi connectivity index (χ0) is 26.9. The van der Waals surface area contributed by atoms with Crippen molar-refractivity contribution in [3.8, 4) is 0 Å². The monoisotopic (exact) mass is 518 g/mol. The van der Waals surface area contributed by atoms with Crippen LogP contribution in [0, 0.1) is 0 Å². The maximum atomic E-state index is 12.8. The van der Waals surface area contributed by atoms with Gasteiger partial charge in [-0.1, -0.05) is 36.4 Å². The quantitative estimate of drug-likeness (QED) is 0.323. The zero-order valence-corrected chi connectivity index (χ0v) is 21.1. The Morgan fingerprint density at radius 2 is 1.89 bits per heavy atom. The SMILES string of the molecule is C=CC[C@@H]1CCC(=O)[C@@H]([C@@H](OC(C)=O)[C@@H]2O[C@H](CC(=O)COC(C)=O)[C@H](OCc3ccccc3)[C@@H]2O)O1. The summed E-state index contributed by atoms with van der Waals surface area (Å²) in [5.74, 6) is -2.01. The summed E-state index contributed by atoms with van der Waals surface area (Å²) in [5.41, 5.74) is 0.831. The van der Waals surface area contributed by atoms with E-state index in [0.29, 0.717) is 12.8 Å². The van der Waals surface area contributed by atoms with Crippen molar-refractivity contribution in [3.05, 3.63) is 48.6 Å². The molecule has 2 aliphatic heterocycles. The van der Waals surface area contributed by atoms with Gasteiger partial charge in [-0.15, -0.1) is 6.58 Å². The standard InChI is InChI=1S/C27H34O10/c1-4-8-20-11-12-21(31)24(36-20)27(35-17(3)29)26-23(32)25(34-14-18-9-6-5-7-10-18)22(37-26)13-19(30)15-33-16(2)28/h4-7,9-10,20,22-27,32H,1,8,11-15H2,2-3H3/t20-,22-,23+,24+,25+,26-,27-/m1/s1. The normalized spacial score (nSPS) is 28.4. The van der Waals surface area contributed by atoms with E-state index in [2.05, 4.69) is 6.58 Å². The van der Waals surface area contributed by atoms with Crippen molar-refractivity contribution in [2.75, 3.05) is 6.61 Å². The first-order valence-electron chi connectivity index (χ1n) is 12.3. The van der Waals surface area contributed by atoms with Crippen molar-refractivity contribution in [3.63, 3.8) is 0 Å². The molecule has 0 bridgehead atoms. The fourth-order valence-corrected chi connectivity index (χ4v) is 4.55. The molecule has 2 aliphatic rings. The van der Waals surface area contributed by atoms with Crippen LogP contribution in [-0.2, 0) is 49.5 Å². The van der Waals surface area contributed by atoms with Gasteiger partial charge in [0.2, 0.25) is 0 Å². The van der Waals surface area contributed by atoms with Gasteiger partial charge in [0.05, 0.1) is 18.8 Å². The number of benzene rings is 1. The molecule has 1 aromatic rings. The molecule has 0 radical (unpaired) electrons. The van der Waals surface area contributed by atoms with Gasteiger partial charge in [0.25, 0.3) is 0 Å². The molecule has 2 heterocycles. The molecule has 10 nitrogen and oxygen atoms in total. The molecule has 1 N–H and O–H groups in total. The number of carbonyl (C=O) groups excluding carboxylic acids is 4. The van der Waals surface area contributed by atoms with Gasteiger partial charge < -0.3 is 28.8 Å². The molecule has 10 heteroatoms. The zero-order valence-electron chi connectivity index (χ0n) is 21.1. The van der Waals surface area contributed by atoms with E-state index < -0.39 is 61.0 Å². The third-order valence-corrected chi connectivity index (χ3v) is 6.25. The van der Waals surface area contributed by atoms with E-state index >= 15 is 0 Å². The summed E-state index contributed by atoms with van der Waals surface area (Å²) in [4.78, 5) is 48.4. The lowest BCUT2D eigenvalue weighted by atomic mass is 9.92. The Bertz CT molecular complexity index is 961. The van der Waals surface area contributed by atoms with E-state index in [1.54, 1.807) is 6.08 Å². The van der Waals surface area contributed by atoms with Gasteiger partial charge in [-0.2, -0.15) is 0 Å². The highest BCUT2D eigenvalue weighted by Crippen LogP contribution is 2.34. The smallest absolute Gasteiger partial charge is 0.303 e. The Morgan fingerprint density at radius 1 is 1.16 bits per heavy atom. The molecular weight excluding hydrogens is 484 g/mol. The van der Waals surface area contributed by atoms with E-state index in [4.69, 9.17) is 23.7 Å². The molecule has 0 aromatic heterocycles. The highest BCUT2D eigenvalue weighted by molar-refractivity contribution is 5.85. The minimum absolute atomic E-state index is 0.117. The molecule has 2 saturated heterocycles. The van der Waals surface area contributed by atoms with Gasteiger partial charge >= 0.3 is 11.9 Å². The highest BCUT2D eigenvalue weighted by atomic mass is 16.6. The summed E-state index contributed by atoms with van der Waals surface area (Å²) in [7, 11) is 0. The molecule has 37 heavy (non-hydrogen) atoms. The van der Waals surface area contributed by atoms with Crippen molar-refractivity contribution in [1.82, 2.24) is 0 Å². The van der Waals surface area contributed by atoms with Crippen LogP contribution in [-0.4, -0.2) is 77.9 Å². The molecular formula is C27H34O10. The molecule has 0 unspecified atom stereocenters. The molecule has 0 aliphatic carbocycles. The van der Waals surface area contributed by atoms with E-state index in [0.717, 1.165) is 5.56 Å². The molecule has 2 fully saturated rings. The summed E-state index contributed by atoms with van der Waals surface area (Å²) >= 11 is 0. The average molecular weight is 519 g/mol. The van der Waals surface area contributed by atoms with Gasteiger partial charge in [-0.3, -0.25) is 19.2 Å². The number of carbonyl (C=O) groups is 4. The van der Waals surface area contributed by atoms with Crippen LogP contribution in [0.25, 0.3) is 0 Å². The molecule has 0 amide bonds. The van der Waals surface area contributed by atoms with Gasteiger partial charge in [-0.25, -0.2) is 0 Å². The summed E-state index contributed by atoms with van der Waals surface area (Å²) in [6, 6.07) is 9.22.